The summed E-state index contributed by atoms with van der Waals surface area (Å²) < 4.78 is 0. The number of aryl methyl sites for hydroxylation is 1. The molecule has 5 heteroatoms. The molecule has 106 valence electrons. The van der Waals surface area contributed by atoms with Crippen molar-refractivity contribution >= 4 is 11.6 Å². The van der Waals surface area contributed by atoms with Crippen molar-refractivity contribution in [2.24, 2.45) is 5.92 Å². The van der Waals surface area contributed by atoms with Gasteiger partial charge < -0.3 is 15.5 Å². The van der Waals surface area contributed by atoms with Crippen molar-refractivity contribution in [2.75, 3.05) is 43.9 Å². The molecule has 1 fully saturated rings. The number of hydrogen-bond acceptors (Lipinski definition) is 5. The highest BCUT2D eigenvalue weighted by atomic mass is 15.1. The van der Waals surface area contributed by atoms with Crippen LogP contribution in [-0.2, 0) is 0 Å². The van der Waals surface area contributed by atoms with Crippen molar-refractivity contribution < 1.29 is 0 Å². The third kappa shape index (κ3) is 4.35. The van der Waals surface area contributed by atoms with E-state index in [2.05, 4.69) is 39.5 Å². The molecule has 2 N–H and O–H groups in total. The summed E-state index contributed by atoms with van der Waals surface area (Å²) in [6.45, 7) is 8.31. The average molecular weight is 263 g/mol. The van der Waals surface area contributed by atoms with Gasteiger partial charge in [-0.25, -0.2) is 9.97 Å². The first-order chi connectivity index (χ1) is 9.17. The van der Waals surface area contributed by atoms with Crippen molar-refractivity contribution in [3.05, 3.63) is 11.9 Å². The van der Waals surface area contributed by atoms with Crippen molar-refractivity contribution in [3.8, 4) is 0 Å². The third-order valence-corrected chi connectivity index (χ3v) is 3.61. The normalized spacial score (nSPS) is 17.4. The SMILES string of the molecule is CCNc1cc(NCC2CCN(C)CC2)nc(C)n1. The monoisotopic (exact) mass is 263 g/mol. The Morgan fingerprint density at radius 2 is 1.84 bits per heavy atom. The summed E-state index contributed by atoms with van der Waals surface area (Å²) in [6.07, 6.45) is 2.54. The second kappa shape index (κ2) is 6.70. The van der Waals surface area contributed by atoms with Crippen LogP contribution < -0.4 is 10.6 Å². The first-order valence-electron chi connectivity index (χ1n) is 7.19. The zero-order valence-electron chi connectivity index (χ0n) is 12.2. The highest BCUT2D eigenvalue weighted by Crippen LogP contribution is 2.17. The van der Waals surface area contributed by atoms with Crippen LogP contribution in [0.3, 0.4) is 0 Å². The van der Waals surface area contributed by atoms with Gasteiger partial charge in [0.15, 0.2) is 0 Å². The summed E-state index contributed by atoms with van der Waals surface area (Å²) in [5, 5.41) is 6.69. The summed E-state index contributed by atoms with van der Waals surface area (Å²) in [6, 6.07) is 1.99. The van der Waals surface area contributed by atoms with E-state index in [9.17, 15) is 0 Å². The number of rotatable bonds is 5. The van der Waals surface area contributed by atoms with Crippen molar-refractivity contribution in [1.82, 2.24) is 14.9 Å². The third-order valence-electron chi connectivity index (χ3n) is 3.61. The summed E-state index contributed by atoms with van der Waals surface area (Å²) in [4.78, 5) is 11.2. The Morgan fingerprint density at radius 3 is 2.47 bits per heavy atom. The lowest BCUT2D eigenvalue weighted by atomic mass is 9.97. The standard InChI is InChI=1S/C14H25N5/c1-4-15-13-9-14(18-11(2)17-13)16-10-12-5-7-19(3)8-6-12/h9,12H,4-8,10H2,1-3H3,(H2,15,16,17,18). The van der Waals surface area contributed by atoms with Crippen molar-refractivity contribution in [2.45, 2.75) is 26.7 Å². The molecule has 0 unspecified atom stereocenters. The maximum atomic E-state index is 4.44. The van der Waals surface area contributed by atoms with Gasteiger partial charge in [-0.2, -0.15) is 0 Å². The fourth-order valence-electron chi connectivity index (χ4n) is 2.45. The highest BCUT2D eigenvalue weighted by Gasteiger charge is 2.16. The molecular weight excluding hydrogens is 238 g/mol. The molecule has 1 aromatic heterocycles. The first-order valence-corrected chi connectivity index (χ1v) is 7.19. The number of piperidine rings is 1. The summed E-state index contributed by atoms with van der Waals surface area (Å²) in [5.41, 5.74) is 0. The Hall–Kier alpha value is -1.36. The van der Waals surface area contributed by atoms with Crippen molar-refractivity contribution in [3.63, 3.8) is 0 Å². The van der Waals surface area contributed by atoms with E-state index >= 15 is 0 Å². The van der Waals surface area contributed by atoms with Gasteiger partial charge in [-0.05, 0) is 52.7 Å². The number of anilines is 2. The predicted molar refractivity (Wildman–Crippen MR) is 79.6 cm³/mol. The van der Waals surface area contributed by atoms with Crippen LogP contribution in [0.2, 0.25) is 0 Å². The number of likely N-dealkylation sites (tertiary alicyclic amines) is 1. The van der Waals surface area contributed by atoms with Crippen LogP contribution in [0.5, 0.6) is 0 Å². The smallest absolute Gasteiger partial charge is 0.131 e. The molecule has 0 atom stereocenters. The molecule has 0 bridgehead atoms. The van der Waals surface area contributed by atoms with Crippen LogP contribution in [0.15, 0.2) is 6.07 Å². The Morgan fingerprint density at radius 1 is 1.21 bits per heavy atom. The molecule has 1 aromatic rings. The maximum absolute atomic E-state index is 4.44. The lowest BCUT2D eigenvalue weighted by Gasteiger charge is -2.29. The molecule has 5 nitrogen and oxygen atoms in total. The molecule has 2 heterocycles. The molecule has 1 aliphatic heterocycles. The molecule has 0 spiro atoms. The average Bonchev–Trinajstić information content (AvgIpc) is 2.38. The van der Waals surface area contributed by atoms with Gasteiger partial charge in [0.2, 0.25) is 0 Å². The van der Waals surface area contributed by atoms with E-state index in [0.29, 0.717) is 0 Å². The van der Waals surface area contributed by atoms with Gasteiger partial charge in [0.25, 0.3) is 0 Å². The Bertz CT molecular complexity index is 399. The molecule has 1 aliphatic rings. The van der Waals surface area contributed by atoms with E-state index in [1.54, 1.807) is 0 Å². The summed E-state index contributed by atoms with van der Waals surface area (Å²) in [5.74, 6) is 3.40. The zero-order valence-corrected chi connectivity index (χ0v) is 12.2. The van der Waals surface area contributed by atoms with Crippen LogP contribution in [0.1, 0.15) is 25.6 Å². The largest absolute Gasteiger partial charge is 0.370 e. The number of nitrogens with one attached hydrogen (secondary N) is 2. The van der Waals surface area contributed by atoms with Crippen LogP contribution in [0, 0.1) is 12.8 Å². The van der Waals surface area contributed by atoms with Crippen molar-refractivity contribution in [1.29, 1.82) is 0 Å². The maximum Gasteiger partial charge on any atom is 0.131 e. The van der Waals surface area contributed by atoms with Gasteiger partial charge in [0.05, 0.1) is 0 Å². The minimum atomic E-state index is 0.758. The Balaban J connectivity index is 1.88. The van der Waals surface area contributed by atoms with Crippen LogP contribution in [0.4, 0.5) is 11.6 Å². The number of aromatic nitrogens is 2. The van der Waals surface area contributed by atoms with Crippen LogP contribution >= 0.6 is 0 Å². The van der Waals surface area contributed by atoms with Gasteiger partial charge in [0, 0.05) is 19.2 Å². The van der Waals surface area contributed by atoms with Crippen LogP contribution in [0.25, 0.3) is 0 Å². The molecule has 0 aromatic carbocycles. The van der Waals surface area contributed by atoms with Crippen LogP contribution in [-0.4, -0.2) is 48.1 Å². The van der Waals surface area contributed by atoms with Gasteiger partial charge in [-0.15, -0.1) is 0 Å². The van der Waals surface area contributed by atoms with E-state index in [4.69, 9.17) is 0 Å². The van der Waals surface area contributed by atoms with Gasteiger partial charge in [0.1, 0.15) is 17.5 Å². The molecule has 0 radical (unpaired) electrons. The second-order valence-corrected chi connectivity index (χ2v) is 5.34. The summed E-state index contributed by atoms with van der Waals surface area (Å²) >= 11 is 0. The van der Waals surface area contributed by atoms with E-state index in [0.717, 1.165) is 36.5 Å². The molecular formula is C14H25N5. The quantitative estimate of drug-likeness (QED) is 0.850. The second-order valence-electron chi connectivity index (χ2n) is 5.34. The highest BCUT2D eigenvalue weighted by molar-refractivity contribution is 5.47. The fraction of sp³-hybridized carbons (Fsp3) is 0.714. The van der Waals surface area contributed by atoms with E-state index < -0.39 is 0 Å². The minimum Gasteiger partial charge on any atom is -0.370 e. The Kier molecular flexibility index (Phi) is 4.96. The molecule has 0 aliphatic carbocycles. The van der Waals surface area contributed by atoms with E-state index in [1.807, 2.05) is 13.0 Å². The topological polar surface area (TPSA) is 53.1 Å². The molecule has 2 rings (SSSR count). The Labute approximate surface area is 115 Å². The number of nitrogens with zero attached hydrogens (tertiary/aromatic N) is 3. The molecule has 0 amide bonds. The van der Waals surface area contributed by atoms with E-state index in [1.165, 1.54) is 25.9 Å². The van der Waals surface area contributed by atoms with Gasteiger partial charge in [-0.1, -0.05) is 0 Å². The zero-order chi connectivity index (χ0) is 13.7. The van der Waals surface area contributed by atoms with Gasteiger partial charge >= 0.3 is 0 Å². The minimum absolute atomic E-state index is 0.758. The lowest BCUT2D eigenvalue weighted by molar-refractivity contribution is 0.226. The molecule has 1 saturated heterocycles. The van der Waals surface area contributed by atoms with E-state index in [-0.39, 0.29) is 0 Å². The van der Waals surface area contributed by atoms with Gasteiger partial charge in [-0.3, -0.25) is 0 Å². The molecule has 0 saturated carbocycles. The first kappa shape index (κ1) is 14.1. The fourth-order valence-corrected chi connectivity index (χ4v) is 2.45. The molecule has 19 heavy (non-hydrogen) atoms. The predicted octanol–water partition coefficient (Wildman–Crippen LogP) is 1.97. The summed E-state index contributed by atoms with van der Waals surface area (Å²) in [7, 11) is 2.19. The lowest BCUT2D eigenvalue weighted by Crippen LogP contribution is -2.33. The number of hydrogen-bond donors (Lipinski definition) is 2.